The Hall–Kier alpha value is -1.55. The molecule has 1 aliphatic heterocycles. The number of nitrogens with one attached hydrogen (secondary N) is 1. The lowest BCUT2D eigenvalue weighted by molar-refractivity contribution is 0.313. The molecule has 4 heteroatoms. The van der Waals surface area contributed by atoms with Crippen LogP contribution in [-0.4, -0.2) is 44.0 Å². The number of amidine groups is 1. The van der Waals surface area contributed by atoms with Gasteiger partial charge in [-0.3, -0.25) is 5.41 Å². The largest absolute Gasteiger partial charge is 0.384 e. The van der Waals surface area contributed by atoms with E-state index in [9.17, 15) is 0 Å². The normalized spacial score (nSPS) is 17.4. The number of nitrogens with two attached hydrogens (primary N) is 1. The summed E-state index contributed by atoms with van der Waals surface area (Å²) in [5.74, 6) is 0.135. The Morgan fingerprint density at radius 2 is 1.94 bits per heavy atom. The van der Waals surface area contributed by atoms with Crippen LogP contribution in [0.1, 0.15) is 5.56 Å². The zero-order valence-electron chi connectivity index (χ0n) is 9.61. The third-order valence-electron chi connectivity index (χ3n) is 3.03. The average molecular weight is 218 g/mol. The van der Waals surface area contributed by atoms with Gasteiger partial charge in [-0.1, -0.05) is 12.1 Å². The molecule has 0 radical (unpaired) electrons. The van der Waals surface area contributed by atoms with E-state index in [1.165, 1.54) is 5.69 Å². The lowest BCUT2D eigenvalue weighted by Crippen LogP contribution is -2.44. The van der Waals surface area contributed by atoms with Crippen molar-refractivity contribution >= 4 is 11.5 Å². The second-order valence-corrected chi connectivity index (χ2v) is 4.25. The summed E-state index contributed by atoms with van der Waals surface area (Å²) in [5, 5.41) is 7.43. The van der Waals surface area contributed by atoms with Crippen LogP contribution in [-0.2, 0) is 0 Å². The van der Waals surface area contributed by atoms with Gasteiger partial charge in [-0.2, -0.15) is 0 Å². The first-order valence-corrected chi connectivity index (χ1v) is 5.55. The fourth-order valence-electron chi connectivity index (χ4n) is 1.93. The van der Waals surface area contributed by atoms with Gasteiger partial charge in [0.1, 0.15) is 5.84 Å². The Bertz CT molecular complexity index is 380. The third-order valence-corrected chi connectivity index (χ3v) is 3.03. The van der Waals surface area contributed by atoms with Gasteiger partial charge in [0.15, 0.2) is 0 Å². The first-order chi connectivity index (χ1) is 7.66. The first kappa shape index (κ1) is 11.0. The molecule has 86 valence electrons. The summed E-state index contributed by atoms with van der Waals surface area (Å²) < 4.78 is 0. The fourth-order valence-corrected chi connectivity index (χ4v) is 1.93. The molecule has 3 N–H and O–H groups in total. The Balaban J connectivity index is 2.14. The Kier molecular flexibility index (Phi) is 3.10. The van der Waals surface area contributed by atoms with Gasteiger partial charge in [0, 0.05) is 37.4 Å². The summed E-state index contributed by atoms with van der Waals surface area (Å²) in [6, 6.07) is 7.91. The highest BCUT2D eigenvalue weighted by Crippen LogP contribution is 2.17. The van der Waals surface area contributed by atoms with Crippen molar-refractivity contribution in [2.45, 2.75) is 0 Å². The number of nitrogen functional groups attached to an aromatic ring is 1. The van der Waals surface area contributed by atoms with Crippen molar-refractivity contribution < 1.29 is 0 Å². The number of hydrogen-bond acceptors (Lipinski definition) is 3. The smallest absolute Gasteiger partial charge is 0.122 e. The van der Waals surface area contributed by atoms with Gasteiger partial charge < -0.3 is 15.5 Å². The molecule has 2 rings (SSSR count). The molecule has 1 aromatic rings. The van der Waals surface area contributed by atoms with Gasteiger partial charge in [-0.25, -0.2) is 0 Å². The van der Waals surface area contributed by atoms with Crippen LogP contribution in [0.5, 0.6) is 0 Å². The second-order valence-electron chi connectivity index (χ2n) is 4.25. The van der Waals surface area contributed by atoms with Gasteiger partial charge in [0.05, 0.1) is 0 Å². The van der Waals surface area contributed by atoms with Gasteiger partial charge in [-0.15, -0.1) is 0 Å². The molecule has 0 amide bonds. The van der Waals surface area contributed by atoms with Crippen molar-refractivity contribution in [3.8, 4) is 0 Å². The summed E-state index contributed by atoms with van der Waals surface area (Å²) in [4.78, 5) is 4.66. The quantitative estimate of drug-likeness (QED) is 0.568. The summed E-state index contributed by atoms with van der Waals surface area (Å²) >= 11 is 0. The number of nitrogens with zero attached hydrogens (tertiary/aromatic N) is 2. The number of likely N-dealkylation sites (N-methyl/N-ethyl adjacent to an activating group) is 1. The number of rotatable bonds is 2. The predicted molar refractivity (Wildman–Crippen MR) is 67.2 cm³/mol. The van der Waals surface area contributed by atoms with Crippen molar-refractivity contribution in [1.82, 2.24) is 4.90 Å². The van der Waals surface area contributed by atoms with Crippen molar-refractivity contribution in [1.29, 1.82) is 5.41 Å². The highest BCUT2D eigenvalue weighted by Gasteiger charge is 2.14. The molecule has 0 aromatic heterocycles. The van der Waals surface area contributed by atoms with Crippen LogP contribution in [0, 0.1) is 5.41 Å². The molecule has 4 nitrogen and oxygen atoms in total. The Morgan fingerprint density at radius 3 is 2.56 bits per heavy atom. The number of piperazine rings is 1. The van der Waals surface area contributed by atoms with Crippen LogP contribution in [0.25, 0.3) is 0 Å². The van der Waals surface area contributed by atoms with E-state index in [-0.39, 0.29) is 5.84 Å². The lowest BCUT2D eigenvalue weighted by atomic mass is 10.1. The van der Waals surface area contributed by atoms with E-state index in [0.717, 1.165) is 31.7 Å². The molecule has 0 aliphatic carbocycles. The van der Waals surface area contributed by atoms with E-state index in [0.29, 0.717) is 0 Å². The molecule has 0 unspecified atom stereocenters. The minimum atomic E-state index is 0.135. The molecule has 0 bridgehead atoms. The molecule has 0 atom stereocenters. The van der Waals surface area contributed by atoms with E-state index in [1.807, 2.05) is 18.2 Å². The average Bonchev–Trinajstić information content (AvgIpc) is 2.30. The van der Waals surface area contributed by atoms with E-state index < -0.39 is 0 Å². The molecule has 0 spiro atoms. The van der Waals surface area contributed by atoms with Crippen LogP contribution in [0.3, 0.4) is 0 Å². The number of hydrogen-bond donors (Lipinski definition) is 2. The highest BCUT2D eigenvalue weighted by molar-refractivity contribution is 5.95. The third kappa shape index (κ3) is 2.33. The summed E-state index contributed by atoms with van der Waals surface area (Å²) in [7, 11) is 2.14. The van der Waals surface area contributed by atoms with E-state index >= 15 is 0 Å². The molecule has 1 aromatic carbocycles. The van der Waals surface area contributed by atoms with Crippen LogP contribution >= 0.6 is 0 Å². The van der Waals surface area contributed by atoms with Crippen LogP contribution < -0.4 is 10.6 Å². The standard InChI is InChI=1S/C12H18N4/c1-15-5-7-16(8-6-15)11-4-2-3-10(9-11)12(13)14/h2-4,9H,5-8H2,1H3,(H3,13,14). The summed E-state index contributed by atoms with van der Waals surface area (Å²) in [6.45, 7) is 4.25. The number of benzene rings is 1. The molecule has 1 fully saturated rings. The maximum atomic E-state index is 7.43. The summed E-state index contributed by atoms with van der Waals surface area (Å²) in [5.41, 5.74) is 7.46. The highest BCUT2D eigenvalue weighted by atomic mass is 15.2. The molecule has 0 saturated carbocycles. The molecular weight excluding hydrogens is 200 g/mol. The monoisotopic (exact) mass is 218 g/mol. The number of anilines is 1. The second kappa shape index (κ2) is 4.53. The zero-order chi connectivity index (χ0) is 11.5. The Labute approximate surface area is 96.2 Å². The molecule has 1 heterocycles. The maximum Gasteiger partial charge on any atom is 0.122 e. The van der Waals surface area contributed by atoms with Gasteiger partial charge in [-0.05, 0) is 19.2 Å². The first-order valence-electron chi connectivity index (χ1n) is 5.55. The van der Waals surface area contributed by atoms with Gasteiger partial charge in [0.2, 0.25) is 0 Å². The zero-order valence-corrected chi connectivity index (χ0v) is 9.61. The summed E-state index contributed by atoms with van der Waals surface area (Å²) in [6.07, 6.45) is 0. The minimum Gasteiger partial charge on any atom is -0.384 e. The van der Waals surface area contributed by atoms with Crippen molar-refractivity contribution in [2.24, 2.45) is 5.73 Å². The maximum absolute atomic E-state index is 7.43. The topological polar surface area (TPSA) is 56.4 Å². The van der Waals surface area contributed by atoms with Crippen LogP contribution in [0.15, 0.2) is 24.3 Å². The SMILES string of the molecule is CN1CCN(c2cccc(C(=N)N)c2)CC1. The van der Waals surface area contributed by atoms with Crippen LogP contribution in [0.2, 0.25) is 0 Å². The van der Waals surface area contributed by atoms with Crippen LogP contribution in [0.4, 0.5) is 5.69 Å². The molecular formula is C12H18N4. The van der Waals surface area contributed by atoms with Crippen molar-refractivity contribution in [2.75, 3.05) is 38.1 Å². The van der Waals surface area contributed by atoms with Gasteiger partial charge in [0.25, 0.3) is 0 Å². The fraction of sp³-hybridized carbons (Fsp3) is 0.417. The van der Waals surface area contributed by atoms with Crippen molar-refractivity contribution in [3.05, 3.63) is 29.8 Å². The minimum absolute atomic E-state index is 0.135. The van der Waals surface area contributed by atoms with Gasteiger partial charge >= 0.3 is 0 Å². The van der Waals surface area contributed by atoms with E-state index in [4.69, 9.17) is 11.1 Å². The van der Waals surface area contributed by atoms with E-state index in [2.05, 4.69) is 22.9 Å². The molecule has 1 saturated heterocycles. The van der Waals surface area contributed by atoms with Crippen molar-refractivity contribution in [3.63, 3.8) is 0 Å². The predicted octanol–water partition coefficient (Wildman–Crippen LogP) is 0.722. The Morgan fingerprint density at radius 1 is 1.25 bits per heavy atom. The molecule has 16 heavy (non-hydrogen) atoms. The lowest BCUT2D eigenvalue weighted by Gasteiger charge is -2.34. The molecule has 1 aliphatic rings. The van der Waals surface area contributed by atoms with E-state index in [1.54, 1.807) is 0 Å².